The Morgan fingerprint density at radius 1 is 0.477 bits per heavy atom. The van der Waals surface area contributed by atoms with Gasteiger partial charge in [-0.05, 0) is 38.1 Å². The molecule has 1 aromatic heterocycles. The fourth-order valence-corrected chi connectivity index (χ4v) is 7.06. The summed E-state index contributed by atoms with van der Waals surface area (Å²) in [5, 5.41) is -0.424. The SMILES string of the molecule is CC(=O)Oc1ccc(-c2oc3cc(O[C@@H]4O[C@@H](C)[C@H](OC(C)=O)[C@@H](OC(C)=O)[C@H]4OC(C)=O)cc(OC(C)=O)c3c(=O)c2O[C@@H]2O[C@@H](C)[C@H](OC(C)=O)[C@@H](OC(C)=O)[C@H]2OC(C)=O)cc1. The van der Waals surface area contributed by atoms with Gasteiger partial charge in [-0.1, -0.05) is 0 Å². The predicted molar refractivity (Wildman–Crippen MR) is 214 cm³/mol. The van der Waals surface area contributed by atoms with Gasteiger partial charge in [0.05, 0.1) is 12.2 Å². The summed E-state index contributed by atoms with van der Waals surface area (Å²) in [4.78, 5) is 113. The highest BCUT2D eigenvalue weighted by molar-refractivity contribution is 5.90. The van der Waals surface area contributed by atoms with Gasteiger partial charge >= 0.3 is 47.8 Å². The number of rotatable bonds is 13. The summed E-state index contributed by atoms with van der Waals surface area (Å²) < 4.78 is 74.2. The molecule has 0 radical (unpaired) electrons. The molecule has 2 aromatic carbocycles. The second kappa shape index (κ2) is 20.6. The minimum Gasteiger partial charge on any atom is -0.460 e. The average Bonchev–Trinajstić information content (AvgIpc) is 3.17. The maximum atomic E-state index is 14.9. The highest BCUT2D eigenvalue weighted by Gasteiger charge is 2.53. The average molecular weight is 915 g/mol. The van der Waals surface area contributed by atoms with Crippen LogP contribution in [-0.4, -0.2) is 109 Å². The summed E-state index contributed by atoms with van der Waals surface area (Å²) >= 11 is 0. The number of ether oxygens (including phenoxy) is 12. The zero-order valence-corrected chi connectivity index (χ0v) is 36.7. The zero-order valence-electron chi connectivity index (χ0n) is 36.7. The molecule has 0 N–H and O–H groups in total. The molecule has 3 aromatic rings. The fraction of sp³-hybridized carbons (Fsp3) is 0.465. The molecule has 65 heavy (non-hydrogen) atoms. The third-order valence-corrected chi connectivity index (χ3v) is 9.28. The van der Waals surface area contributed by atoms with Gasteiger partial charge in [-0.15, -0.1) is 0 Å². The van der Waals surface area contributed by atoms with Crippen molar-refractivity contribution in [1.82, 2.24) is 0 Å². The molecule has 2 aliphatic rings. The van der Waals surface area contributed by atoms with Gasteiger partial charge in [0.1, 0.15) is 28.2 Å². The lowest BCUT2D eigenvalue weighted by molar-refractivity contribution is -0.280. The van der Waals surface area contributed by atoms with Crippen LogP contribution in [-0.2, 0) is 76.3 Å². The Labute approximate surface area is 369 Å². The van der Waals surface area contributed by atoms with Crippen LogP contribution >= 0.6 is 0 Å². The Bertz CT molecular complexity index is 2400. The van der Waals surface area contributed by atoms with E-state index in [9.17, 15) is 43.2 Å². The molecule has 0 saturated carbocycles. The third-order valence-electron chi connectivity index (χ3n) is 9.28. The summed E-state index contributed by atoms with van der Waals surface area (Å²) in [6, 6.07) is 7.81. The number of fused-ring (bicyclic) bond motifs is 1. The van der Waals surface area contributed by atoms with Crippen LogP contribution in [0.5, 0.6) is 23.0 Å². The van der Waals surface area contributed by atoms with Crippen molar-refractivity contribution in [2.45, 2.75) is 131 Å². The molecule has 0 bridgehead atoms. The second-order valence-corrected chi connectivity index (χ2v) is 14.7. The van der Waals surface area contributed by atoms with Crippen molar-refractivity contribution in [2.24, 2.45) is 0 Å². The first-order valence-electron chi connectivity index (χ1n) is 19.8. The molecule has 0 amide bonds. The number of hydrogen-bond acceptors (Lipinski definition) is 22. The molecule has 22 nitrogen and oxygen atoms in total. The van der Waals surface area contributed by atoms with E-state index in [0.29, 0.717) is 0 Å². The Kier molecular flexibility index (Phi) is 15.5. The van der Waals surface area contributed by atoms with Crippen molar-refractivity contribution in [3.8, 4) is 34.3 Å². The summed E-state index contributed by atoms with van der Waals surface area (Å²) in [5.74, 6) is -8.15. The maximum absolute atomic E-state index is 14.9. The van der Waals surface area contributed by atoms with Crippen LogP contribution in [0.15, 0.2) is 45.6 Å². The van der Waals surface area contributed by atoms with Crippen LogP contribution in [0.2, 0.25) is 0 Å². The standard InChI is InChI=1S/C43H46O22/c1-17-34(57-21(5)46)38(59-23(7)48)40(61-25(9)50)42(53-17)63-29-15-30(56-20(4)45)32-31(16-29)64-36(27-11-13-28(14-12-27)55-19(3)44)37(33(32)52)65-43-41(62-26(10)51)39(60-24(8)49)35(18(2)54-43)58-22(6)47/h11-18,34-35,38-43H,1-10H3/t17-,18-,34-,35-,38+,39+,40+,41+,42-,43-/m0/s1. The van der Waals surface area contributed by atoms with Crippen molar-refractivity contribution in [3.63, 3.8) is 0 Å². The van der Waals surface area contributed by atoms with Crippen molar-refractivity contribution in [3.05, 3.63) is 46.6 Å². The Balaban J connectivity index is 1.72. The number of carbonyl (C=O) groups excluding carboxylic acids is 8. The highest BCUT2D eigenvalue weighted by atomic mass is 16.7. The molecule has 2 aliphatic heterocycles. The molecule has 22 heteroatoms. The van der Waals surface area contributed by atoms with Crippen molar-refractivity contribution in [2.75, 3.05) is 0 Å². The molecule has 0 unspecified atom stereocenters. The minimum atomic E-state index is -1.78. The van der Waals surface area contributed by atoms with Crippen molar-refractivity contribution < 1.29 is 99.6 Å². The van der Waals surface area contributed by atoms with Crippen LogP contribution < -0.4 is 24.4 Å². The molecule has 0 aliphatic carbocycles. The summed E-state index contributed by atoms with van der Waals surface area (Å²) in [7, 11) is 0. The lowest BCUT2D eigenvalue weighted by atomic mass is 9.98. The molecule has 0 spiro atoms. The Morgan fingerprint density at radius 2 is 0.892 bits per heavy atom. The number of benzene rings is 2. The lowest BCUT2D eigenvalue weighted by Crippen LogP contribution is -2.62. The van der Waals surface area contributed by atoms with E-state index >= 15 is 0 Å². The largest absolute Gasteiger partial charge is 0.460 e. The summed E-state index contributed by atoms with van der Waals surface area (Å²) in [5.41, 5.74) is -1.23. The molecular weight excluding hydrogens is 868 g/mol. The fourth-order valence-electron chi connectivity index (χ4n) is 7.06. The number of carbonyl (C=O) groups is 8. The monoisotopic (exact) mass is 914 g/mol. The van der Waals surface area contributed by atoms with E-state index in [2.05, 4.69) is 0 Å². The second-order valence-electron chi connectivity index (χ2n) is 14.7. The predicted octanol–water partition coefficient (Wildman–Crippen LogP) is 3.15. The van der Waals surface area contributed by atoms with Gasteiger partial charge in [0.25, 0.3) is 0 Å². The molecular formula is C43H46O22. The Hall–Kier alpha value is -7.07. The molecule has 2 fully saturated rings. The van der Waals surface area contributed by atoms with E-state index < -0.39 is 131 Å². The molecule has 2 saturated heterocycles. The molecule has 5 rings (SSSR count). The van der Waals surface area contributed by atoms with Crippen LogP contribution in [0.3, 0.4) is 0 Å². The van der Waals surface area contributed by atoms with Crippen LogP contribution in [0.4, 0.5) is 0 Å². The smallest absolute Gasteiger partial charge is 0.308 e. The van der Waals surface area contributed by atoms with E-state index in [1.807, 2.05) is 0 Å². The first-order valence-corrected chi connectivity index (χ1v) is 19.8. The number of hydrogen-bond donors (Lipinski definition) is 0. The zero-order chi connectivity index (χ0) is 48.0. The van der Waals surface area contributed by atoms with Gasteiger partial charge in [-0.3, -0.25) is 43.2 Å². The molecule has 3 heterocycles. The van der Waals surface area contributed by atoms with E-state index in [1.165, 1.54) is 51.1 Å². The molecule has 10 atom stereocenters. The van der Waals surface area contributed by atoms with Crippen molar-refractivity contribution in [1.29, 1.82) is 0 Å². The van der Waals surface area contributed by atoms with E-state index in [4.69, 9.17) is 61.3 Å². The van der Waals surface area contributed by atoms with E-state index in [1.54, 1.807) is 0 Å². The maximum Gasteiger partial charge on any atom is 0.308 e. The van der Waals surface area contributed by atoms with Gasteiger partial charge < -0.3 is 61.3 Å². The van der Waals surface area contributed by atoms with Gasteiger partial charge in [0, 0.05) is 73.1 Å². The van der Waals surface area contributed by atoms with Crippen LogP contribution in [0.25, 0.3) is 22.3 Å². The topological polar surface area (TPSA) is 278 Å². The van der Waals surface area contributed by atoms with Gasteiger partial charge in [-0.2, -0.15) is 0 Å². The molecule has 350 valence electrons. The first kappa shape index (κ1) is 49.0. The van der Waals surface area contributed by atoms with Crippen LogP contribution in [0.1, 0.15) is 69.2 Å². The summed E-state index contributed by atoms with van der Waals surface area (Å²) in [6.07, 6.45) is -14.4. The van der Waals surface area contributed by atoms with Crippen molar-refractivity contribution >= 4 is 58.7 Å². The summed E-state index contributed by atoms with van der Waals surface area (Å²) in [6.45, 7) is 11.6. The highest BCUT2D eigenvalue weighted by Crippen LogP contribution is 2.40. The van der Waals surface area contributed by atoms with Crippen LogP contribution in [0, 0.1) is 0 Å². The normalized spacial score (nSPS) is 24.9. The lowest BCUT2D eigenvalue weighted by Gasteiger charge is -2.43. The first-order chi connectivity index (χ1) is 30.5. The minimum absolute atomic E-state index is 0.104. The Morgan fingerprint density at radius 3 is 1.32 bits per heavy atom. The van der Waals surface area contributed by atoms with Gasteiger partial charge in [-0.25, -0.2) is 0 Å². The van der Waals surface area contributed by atoms with E-state index in [0.717, 1.165) is 54.5 Å². The quantitative estimate of drug-likeness (QED) is 0.135. The third kappa shape index (κ3) is 12.1. The van der Waals surface area contributed by atoms with Gasteiger partial charge in [0.15, 0.2) is 30.2 Å². The van der Waals surface area contributed by atoms with Gasteiger partial charge in [0.2, 0.25) is 36.0 Å². The van der Waals surface area contributed by atoms with E-state index in [-0.39, 0.29) is 28.4 Å². The number of esters is 8.